The van der Waals surface area contributed by atoms with Gasteiger partial charge in [0, 0.05) is 7.85 Å². The van der Waals surface area contributed by atoms with Gasteiger partial charge in [-0.25, -0.2) is 4.39 Å². The lowest BCUT2D eigenvalue weighted by molar-refractivity contribution is -0.137. The van der Waals surface area contributed by atoms with Crippen LogP contribution in [-0.2, 0) is 17.4 Å². The van der Waals surface area contributed by atoms with Gasteiger partial charge < -0.3 is 0 Å². The molecule has 178 valence electrons. The summed E-state index contributed by atoms with van der Waals surface area (Å²) in [4.78, 5) is 11.9. The molecule has 0 aliphatic heterocycles. The van der Waals surface area contributed by atoms with Crippen LogP contribution in [0.3, 0.4) is 0 Å². The van der Waals surface area contributed by atoms with E-state index < -0.39 is 17.6 Å². The van der Waals surface area contributed by atoms with E-state index in [1.807, 2.05) is 31.2 Å². The molecule has 0 spiro atoms. The number of benzene rings is 1. The molecule has 0 saturated carbocycles. The Morgan fingerprint density at radius 1 is 1.12 bits per heavy atom. The Bertz CT molecular complexity index is 873. The largest absolute Gasteiger partial charge is 0.416 e. The minimum Gasteiger partial charge on any atom is -0.293 e. The second-order valence-electron chi connectivity index (χ2n) is 8.27. The van der Waals surface area contributed by atoms with Crippen LogP contribution in [0.5, 0.6) is 0 Å². The molecule has 0 bridgehead atoms. The Morgan fingerprint density at radius 2 is 1.84 bits per heavy atom. The van der Waals surface area contributed by atoms with E-state index in [0.29, 0.717) is 36.0 Å². The van der Waals surface area contributed by atoms with E-state index in [1.165, 1.54) is 11.6 Å². The molecule has 0 heterocycles. The molecule has 2 rings (SSSR count). The highest BCUT2D eigenvalue weighted by Crippen LogP contribution is 2.30. The third-order valence-electron chi connectivity index (χ3n) is 5.07. The molecule has 0 atom stereocenters. The van der Waals surface area contributed by atoms with Crippen LogP contribution in [0, 0.1) is 11.7 Å². The molecule has 0 radical (unpaired) electrons. The van der Waals surface area contributed by atoms with Crippen molar-refractivity contribution in [3.05, 3.63) is 76.3 Å². The lowest BCUT2D eigenvalue weighted by Gasteiger charge is -2.08. The number of carbonyl (C=O) groups excluding carboxylic acids is 1. The molecule has 0 unspecified atom stereocenters. The van der Waals surface area contributed by atoms with E-state index in [4.69, 9.17) is 0 Å². The van der Waals surface area contributed by atoms with Crippen LogP contribution in [0.2, 0.25) is 0 Å². The number of hydrogen-bond acceptors (Lipinski definition) is 1. The fourth-order valence-corrected chi connectivity index (χ4v) is 3.04. The fraction of sp³-hybridized carbons (Fsp3) is 0.481. The zero-order valence-electron chi connectivity index (χ0n) is 19.5. The fourth-order valence-electron chi connectivity index (χ4n) is 3.04. The first-order chi connectivity index (χ1) is 15.1. The molecular weight excluding hydrogens is 416 g/mol. The predicted octanol–water partition coefficient (Wildman–Crippen LogP) is 8.80. The molecule has 5 heteroatoms. The zero-order valence-corrected chi connectivity index (χ0v) is 19.5. The van der Waals surface area contributed by atoms with Crippen molar-refractivity contribution in [2.45, 2.75) is 78.8 Å². The summed E-state index contributed by atoms with van der Waals surface area (Å²) in [7, 11) is 0. The number of carbonyl (C=O) groups is 1. The Morgan fingerprint density at radius 3 is 2.41 bits per heavy atom. The summed E-state index contributed by atoms with van der Waals surface area (Å²) in [5, 5.41) is 0. The minimum absolute atomic E-state index is 0. The van der Waals surface area contributed by atoms with E-state index in [9.17, 15) is 22.4 Å². The maximum Gasteiger partial charge on any atom is 0.416 e. The van der Waals surface area contributed by atoms with E-state index in [0.717, 1.165) is 38.2 Å². The highest BCUT2D eigenvalue weighted by atomic mass is 19.4. The van der Waals surface area contributed by atoms with Crippen molar-refractivity contribution < 1.29 is 23.8 Å². The number of ketones is 1. The first-order valence-electron chi connectivity index (χ1n) is 11.3. The van der Waals surface area contributed by atoms with Crippen molar-refractivity contribution in [2.75, 3.05) is 0 Å². The van der Waals surface area contributed by atoms with Gasteiger partial charge in [0.1, 0.15) is 5.82 Å². The number of rotatable bonds is 9. The number of halogens is 4. The summed E-state index contributed by atoms with van der Waals surface area (Å²) in [5.74, 6) is 0.118. The average molecular weight is 453 g/mol. The second-order valence-corrected chi connectivity index (χ2v) is 8.27. The summed E-state index contributed by atoms with van der Waals surface area (Å²) >= 11 is 0. The normalized spacial score (nSPS) is 13.3. The first-order valence-corrected chi connectivity index (χ1v) is 11.3. The number of alkyl halides is 3. The first kappa shape index (κ1) is 27.6. The Balaban J connectivity index is 0.000000607. The maximum absolute atomic E-state index is 13.2. The highest BCUT2D eigenvalue weighted by Gasteiger charge is 2.31. The van der Waals surface area contributed by atoms with Crippen LogP contribution in [0.4, 0.5) is 17.6 Å². The monoisotopic (exact) mass is 452 g/mol. The van der Waals surface area contributed by atoms with E-state index in [1.54, 1.807) is 0 Å². The molecule has 1 aliphatic rings. The van der Waals surface area contributed by atoms with Crippen LogP contribution in [0.15, 0.2) is 59.4 Å². The molecule has 0 saturated heterocycles. The van der Waals surface area contributed by atoms with E-state index in [2.05, 4.69) is 26.5 Å². The van der Waals surface area contributed by atoms with Gasteiger partial charge in [-0.15, -0.1) is 5.73 Å². The van der Waals surface area contributed by atoms with Crippen molar-refractivity contribution in [2.24, 2.45) is 5.92 Å². The summed E-state index contributed by atoms with van der Waals surface area (Å²) in [5.41, 5.74) is 4.44. The SMILES string of the molecule is CCC1=CC=C=C(C(=O)CCCC(C)C)C=C1.CCCCc1ccc(C(F)(F)F)cc1F.[HH]. The Kier molecular flexibility index (Phi) is 12.0. The highest BCUT2D eigenvalue weighted by molar-refractivity contribution is 5.97. The summed E-state index contributed by atoms with van der Waals surface area (Å²) in [6.45, 7) is 8.43. The summed E-state index contributed by atoms with van der Waals surface area (Å²) in [6.07, 6.45) is 9.20. The Labute approximate surface area is 191 Å². The second kappa shape index (κ2) is 13.9. The van der Waals surface area contributed by atoms with Crippen LogP contribution in [0.25, 0.3) is 0 Å². The standard InChI is InChI=1S/C16H22O.C11H12F4.H2/c1-4-14-8-6-9-15(12-11-14)16(17)10-5-7-13(2)3;1-2-3-4-8-5-6-9(7-10(8)12)11(13,14)15;/h6,8,11-13H,4-5,7,10H2,1-3H3;5-7H,2-4H2,1H3;1H. The van der Waals surface area contributed by atoms with Crippen LogP contribution in [0.1, 0.15) is 78.8 Å². The van der Waals surface area contributed by atoms with Crippen molar-refractivity contribution in [1.82, 2.24) is 0 Å². The number of Topliss-reactive ketones (excluding diaryl/α,β-unsaturated/α-hetero) is 1. The number of hydrogen-bond donors (Lipinski definition) is 0. The van der Waals surface area contributed by atoms with Gasteiger partial charge in [-0.2, -0.15) is 13.2 Å². The maximum atomic E-state index is 13.2. The minimum atomic E-state index is -4.47. The van der Waals surface area contributed by atoms with Gasteiger partial charge in [0.25, 0.3) is 0 Å². The third-order valence-corrected chi connectivity index (χ3v) is 5.07. The van der Waals surface area contributed by atoms with Gasteiger partial charge in [-0.1, -0.05) is 58.8 Å². The van der Waals surface area contributed by atoms with E-state index >= 15 is 0 Å². The van der Waals surface area contributed by atoms with Gasteiger partial charge in [0.05, 0.1) is 11.1 Å². The lowest BCUT2D eigenvalue weighted by atomic mass is 10.0. The number of aryl methyl sites for hydroxylation is 1. The quantitative estimate of drug-likeness (QED) is 0.270. The molecule has 1 aromatic carbocycles. The van der Waals surface area contributed by atoms with Crippen LogP contribution in [-0.4, -0.2) is 5.78 Å². The summed E-state index contributed by atoms with van der Waals surface area (Å²) < 4.78 is 49.8. The van der Waals surface area contributed by atoms with Crippen molar-refractivity contribution in [1.29, 1.82) is 0 Å². The summed E-state index contributed by atoms with van der Waals surface area (Å²) in [6, 6.07) is 2.70. The Hall–Kier alpha value is -2.39. The number of unbranched alkanes of at least 4 members (excludes halogenated alkanes) is 1. The van der Waals surface area contributed by atoms with Gasteiger partial charge in [-0.05, 0) is 67.0 Å². The molecule has 0 aromatic heterocycles. The van der Waals surface area contributed by atoms with Gasteiger partial charge >= 0.3 is 6.18 Å². The van der Waals surface area contributed by atoms with Crippen molar-refractivity contribution in [3.8, 4) is 0 Å². The van der Waals surface area contributed by atoms with Gasteiger partial charge in [0.2, 0.25) is 0 Å². The molecular formula is C27H36F4O. The molecule has 1 aliphatic carbocycles. The van der Waals surface area contributed by atoms with Crippen molar-refractivity contribution >= 4 is 5.78 Å². The predicted molar refractivity (Wildman–Crippen MR) is 125 cm³/mol. The molecule has 1 aromatic rings. The topological polar surface area (TPSA) is 17.1 Å². The molecule has 0 amide bonds. The zero-order chi connectivity index (χ0) is 24.1. The molecule has 0 fully saturated rings. The lowest BCUT2D eigenvalue weighted by Crippen LogP contribution is -2.06. The molecule has 1 nitrogen and oxygen atoms in total. The third kappa shape index (κ3) is 10.3. The van der Waals surface area contributed by atoms with E-state index in [-0.39, 0.29) is 7.21 Å². The molecule has 32 heavy (non-hydrogen) atoms. The van der Waals surface area contributed by atoms with Crippen LogP contribution >= 0.6 is 0 Å². The van der Waals surface area contributed by atoms with Gasteiger partial charge in [0.15, 0.2) is 5.78 Å². The van der Waals surface area contributed by atoms with Crippen LogP contribution < -0.4 is 0 Å². The van der Waals surface area contributed by atoms with Gasteiger partial charge in [-0.3, -0.25) is 4.79 Å². The molecule has 0 N–H and O–H groups in total. The smallest absolute Gasteiger partial charge is 0.293 e. The number of allylic oxidation sites excluding steroid dienone is 5. The average Bonchev–Trinajstić information content (AvgIpc) is 2.98. The van der Waals surface area contributed by atoms with Crippen molar-refractivity contribution in [3.63, 3.8) is 0 Å².